The second-order valence-corrected chi connectivity index (χ2v) is 6.66. The maximum Gasteiger partial charge on any atom is 0.195 e. The number of hydrogen-bond acceptors (Lipinski definition) is 5. The van der Waals surface area contributed by atoms with Crippen LogP contribution in [0.15, 0.2) is 35.5 Å². The van der Waals surface area contributed by atoms with Crippen molar-refractivity contribution in [3.63, 3.8) is 0 Å². The molecule has 4 nitrogen and oxygen atoms in total. The molecule has 1 fully saturated rings. The molecule has 3 rings (SSSR count). The van der Waals surface area contributed by atoms with E-state index in [9.17, 15) is 0 Å². The molecule has 1 aliphatic heterocycles. The highest BCUT2D eigenvalue weighted by Gasteiger charge is 2.17. The summed E-state index contributed by atoms with van der Waals surface area (Å²) >= 11 is 3.67. The van der Waals surface area contributed by atoms with E-state index in [2.05, 4.69) is 43.9 Å². The van der Waals surface area contributed by atoms with Crippen LogP contribution in [0.25, 0.3) is 5.69 Å². The summed E-state index contributed by atoms with van der Waals surface area (Å²) in [6.45, 7) is 3.16. The molecule has 2 aromatic rings. The Morgan fingerprint density at radius 3 is 2.60 bits per heavy atom. The van der Waals surface area contributed by atoms with Crippen LogP contribution in [0.2, 0.25) is 0 Å². The minimum Gasteiger partial charge on any atom is -0.294 e. The lowest BCUT2D eigenvalue weighted by molar-refractivity contribution is 0.285. The van der Waals surface area contributed by atoms with E-state index in [-0.39, 0.29) is 0 Å². The zero-order valence-corrected chi connectivity index (χ0v) is 13.2. The second-order valence-electron chi connectivity index (χ2n) is 4.66. The SMILES string of the molecule is CSc1nnc(CN2CCSCC2)n1-c1ccccc1. The third-order valence-electron chi connectivity index (χ3n) is 3.37. The van der Waals surface area contributed by atoms with Crippen LogP contribution in [0.5, 0.6) is 0 Å². The van der Waals surface area contributed by atoms with Crippen LogP contribution in [0.1, 0.15) is 5.82 Å². The Hall–Kier alpha value is -0.980. The molecule has 1 aromatic heterocycles. The number of aromatic nitrogens is 3. The predicted octanol–water partition coefficient (Wildman–Crippen LogP) is 2.54. The molecule has 0 bridgehead atoms. The van der Waals surface area contributed by atoms with E-state index < -0.39 is 0 Å². The molecule has 1 aliphatic rings. The van der Waals surface area contributed by atoms with Crippen molar-refractivity contribution < 1.29 is 0 Å². The first-order valence-electron chi connectivity index (χ1n) is 6.72. The minimum absolute atomic E-state index is 0.878. The third-order valence-corrected chi connectivity index (χ3v) is 4.94. The van der Waals surface area contributed by atoms with Crippen molar-refractivity contribution in [1.29, 1.82) is 0 Å². The van der Waals surface area contributed by atoms with Gasteiger partial charge in [-0.2, -0.15) is 11.8 Å². The summed E-state index contributed by atoms with van der Waals surface area (Å²) in [7, 11) is 0. The molecule has 0 spiro atoms. The number of benzene rings is 1. The van der Waals surface area contributed by atoms with Gasteiger partial charge in [-0.3, -0.25) is 9.47 Å². The molecular formula is C14H18N4S2. The Balaban J connectivity index is 1.89. The van der Waals surface area contributed by atoms with E-state index in [0.29, 0.717) is 0 Å². The van der Waals surface area contributed by atoms with Crippen molar-refractivity contribution in [2.24, 2.45) is 0 Å². The van der Waals surface area contributed by atoms with E-state index in [1.165, 1.54) is 11.5 Å². The maximum absolute atomic E-state index is 4.40. The summed E-state index contributed by atoms with van der Waals surface area (Å²) in [5.41, 5.74) is 1.14. The first kappa shape index (κ1) is 14.0. The largest absolute Gasteiger partial charge is 0.294 e. The van der Waals surface area contributed by atoms with Gasteiger partial charge in [0, 0.05) is 30.3 Å². The van der Waals surface area contributed by atoms with Crippen molar-refractivity contribution in [2.45, 2.75) is 11.7 Å². The second kappa shape index (κ2) is 6.65. The molecule has 20 heavy (non-hydrogen) atoms. The van der Waals surface area contributed by atoms with E-state index in [1.54, 1.807) is 11.8 Å². The Kier molecular flexibility index (Phi) is 4.65. The summed E-state index contributed by atoms with van der Waals surface area (Å²) in [6, 6.07) is 10.4. The van der Waals surface area contributed by atoms with Crippen LogP contribution in [0, 0.1) is 0 Å². The van der Waals surface area contributed by atoms with E-state index in [0.717, 1.165) is 36.3 Å². The molecule has 6 heteroatoms. The van der Waals surface area contributed by atoms with Gasteiger partial charge in [-0.05, 0) is 18.4 Å². The van der Waals surface area contributed by atoms with Crippen LogP contribution < -0.4 is 0 Å². The fraction of sp³-hybridized carbons (Fsp3) is 0.429. The summed E-state index contributed by atoms with van der Waals surface area (Å²) in [5.74, 6) is 3.47. The normalized spacial score (nSPS) is 16.4. The number of hydrogen-bond donors (Lipinski definition) is 0. The molecular weight excluding hydrogens is 288 g/mol. The zero-order chi connectivity index (χ0) is 13.8. The molecule has 1 saturated heterocycles. The Bertz CT molecular complexity index is 550. The fourth-order valence-electron chi connectivity index (χ4n) is 2.33. The molecule has 0 amide bonds. The van der Waals surface area contributed by atoms with Gasteiger partial charge < -0.3 is 0 Å². The van der Waals surface area contributed by atoms with Crippen molar-refractivity contribution in [1.82, 2.24) is 19.7 Å². The molecule has 0 aliphatic carbocycles. The van der Waals surface area contributed by atoms with Crippen LogP contribution in [-0.4, -0.2) is 50.5 Å². The van der Waals surface area contributed by atoms with Gasteiger partial charge in [0.2, 0.25) is 0 Å². The van der Waals surface area contributed by atoms with Gasteiger partial charge in [-0.25, -0.2) is 0 Å². The molecule has 2 heterocycles. The van der Waals surface area contributed by atoms with Crippen LogP contribution >= 0.6 is 23.5 Å². The topological polar surface area (TPSA) is 34.0 Å². The summed E-state index contributed by atoms with van der Waals surface area (Å²) < 4.78 is 2.17. The van der Waals surface area contributed by atoms with Crippen molar-refractivity contribution in [3.05, 3.63) is 36.2 Å². The van der Waals surface area contributed by atoms with Crippen molar-refractivity contribution in [2.75, 3.05) is 30.9 Å². The monoisotopic (exact) mass is 306 g/mol. The summed E-state index contributed by atoms with van der Waals surface area (Å²) in [5, 5.41) is 9.68. The van der Waals surface area contributed by atoms with Gasteiger partial charge in [-0.15, -0.1) is 10.2 Å². The average Bonchev–Trinajstić information content (AvgIpc) is 2.92. The molecule has 0 radical (unpaired) electrons. The molecule has 0 saturated carbocycles. The lowest BCUT2D eigenvalue weighted by Gasteiger charge is -2.25. The molecule has 1 aromatic carbocycles. The predicted molar refractivity (Wildman–Crippen MR) is 85.7 cm³/mol. The van der Waals surface area contributed by atoms with Crippen molar-refractivity contribution >= 4 is 23.5 Å². The lowest BCUT2D eigenvalue weighted by atomic mass is 10.3. The van der Waals surface area contributed by atoms with Gasteiger partial charge in [0.15, 0.2) is 11.0 Å². The highest BCUT2D eigenvalue weighted by molar-refractivity contribution is 7.99. The van der Waals surface area contributed by atoms with Gasteiger partial charge >= 0.3 is 0 Å². The van der Waals surface area contributed by atoms with Crippen molar-refractivity contribution in [3.8, 4) is 5.69 Å². The highest BCUT2D eigenvalue weighted by atomic mass is 32.2. The van der Waals surface area contributed by atoms with Gasteiger partial charge in [0.25, 0.3) is 0 Å². The summed E-state index contributed by atoms with van der Waals surface area (Å²) in [4.78, 5) is 2.46. The van der Waals surface area contributed by atoms with Crippen LogP contribution in [0.4, 0.5) is 0 Å². The number of nitrogens with zero attached hydrogens (tertiary/aromatic N) is 4. The lowest BCUT2D eigenvalue weighted by Crippen LogP contribution is -2.33. The number of rotatable bonds is 4. The molecule has 0 unspecified atom stereocenters. The van der Waals surface area contributed by atoms with E-state index >= 15 is 0 Å². The molecule has 0 atom stereocenters. The minimum atomic E-state index is 0.878. The Morgan fingerprint density at radius 2 is 1.90 bits per heavy atom. The van der Waals surface area contributed by atoms with Crippen LogP contribution in [-0.2, 0) is 6.54 Å². The first-order chi connectivity index (χ1) is 9.88. The van der Waals surface area contributed by atoms with Crippen LogP contribution in [0.3, 0.4) is 0 Å². The Morgan fingerprint density at radius 1 is 1.15 bits per heavy atom. The zero-order valence-electron chi connectivity index (χ0n) is 11.5. The quantitative estimate of drug-likeness (QED) is 0.811. The molecule has 106 valence electrons. The number of para-hydroxylation sites is 1. The van der Waals surface area contributed by atoms with E-state index in [1.807, 2.05) is 24.1 Å². The van der Waals surface area contributed by atoms with E-state index in [4.69, 9.17) is 0 Å². The standard InChI is InChI=1S/C14H18N4S2/c1-19-14-16-15-13(11-17-7-9-20-10-8-17)18(14)12-5-3-2-4-6-12/h2-6H,7-11H2,1H3. The average molecular weight is 306 g/mol. The summed E-state index contributed by atoms with van der Waals surface area (Å²) in [6.07, 6.45) is 2.05. The smallest absolute Gasteiger partial charge is 0.195 e. The highest BCUT2D eigenvalue weighted by Crippen LogP contribution is 2.21. The fourth-order valence-corrected chi connectivity index (χ4v) is 3.83. The maximum atomic E-state index is 4.40. The molecule has 0 N–H and O–H groups in total. The van der Waals surface area contributed by atoms with Gasteiger partial charge in [-0.1, -0.05) is 30.0 Å². The van der Waals surface area contributed by atoms with Gasteiger partial charge in [0.1, 0.15) is 0 Å². The van der Waals surface area contributed by atoms with Gasteiger partial charge in [0.05, 0.1) is 6.54 Å². The Labute approximate surface area is 128 Å². The third kappa shape index (κ3) is 3.02. The first-order valence-corrected chi connectivity index (χ1v) is 9.10. The number of thioether (sulfide) groups is 2.